The third-order valence-electron chi connectivity index (χ3n) is 5.20. The smallest absolute Gasteiger partial charge is 0.0570 e. The van der Waals surface area contributed by atoms with Crippen LogP contribution in [0, 0.1) is 12.8 Å². The lowest BCUT2D eigenvalue weighted by atomic mass is 9.95. The van der Waals surface area contributed by atoms with Gasteiger partial charge in [0.2, 0.25) is 0 Å². The summed E-state index contributed by atoms with van der Waals surface area (Å²) in [5, 5.41) is 1.51. The largest absolute Gasteiger partial charge is 0.300 e. The molecule has 0 atom stereocenters. The molecule has 0 amide bonds. The first-order chi connectivity index (χ1) is 11.0. The topological polar surface area (TPSA) is 6.48 Å². The second-order valence-corrected chi connectivity index (χ2v) is 8.95. The number of aryl methyl sites for hydroxylation is 1. The second kappa shape index (κ2) is 7.97. The third-order valence-corrected chi connectivity index (χ3v) is 7.19. The van der Waals surface area contributed by atoms with E-state index in [2.05, 4.69) is 22.2 Å². The first-order valence-electron chi connectivity index (χ1n) is 8.65. The maximum Gasteiger partial charge on any atom is 0.0570 e. The number of hydrogen-bond donors (Lipinski definition) is 0. The molecular weight excluding hydrogens is 347 g/mol. The van der Waals surface area contributed by atoms with Gasteiger partial charge in [0.1, 0.15) is 0 Å². The Balaban J connectivity index is 1.52. The Kier molecular flexibility index (Phi) is 6.19. The molecule has 23 heavy (non-hydrogen) atoms. The van der Waals surface area contributed by atoms with E-state index in [4.69, 9.17) is 23.2 Å². The van der Waals surface area contributed by atoms with Crippen LogP contribution in [0.5, 0.6) is 0 Å². The van der Waals surface area contributed by atoms with Crippen LogP contribution in [0.15, 0.2) is 17.0 Å². The summed E-state index contributed by atoms with van der Waals surface area (Å²) < 4.78 is 2.46. The van der Waals surface area contributed by atoms with Crippen molar-refractivity contribution in [1.82, 2.24) is 9.21 Å². The van der Waals surface area contributed by atoms with Gasteiger partial charge >= 0.3 is 0 Å². The summed E-state index contributed by atoms with van der Waals surface area (Å²) in [6.07, 6.45) is 5.28. The van der Waals surface area contributed by atoms with Gasteiger partial charge in [0.15, 0.2) is 0 Å². The van der Waals surface area contributed by atoms with Crippen molar-refractivity contribution < 1.29 is 0 Å². The predicted octanol–water partition coefficient (Wildman–Crippen LogP) is 5.51. The molecule has 2 aliphatic rings. The van der Waals surface area contributed by atoms with Gasteiger partial charge in [-0.2, -0.15) is 0 Å². The van der Waals surface area contributed by atoms with Crippen molar-refractivity contribution in [2.24, 2.45) is 5.92 Å². The van der Waals surface area contributed by atoms with E-state index < -0.39 is 0 Å². The van der Waals surface area contributed by atoms with Gasteiger partial charge in [-0.3, -0.25) is 0 Å². The van der Waals surface area contributed by atoms with Crippen molar-refractivity contribution in [2.75, 3.05) is 26.2 Å². The zero-order valence-electron chi connectivity index (χ0n) is 14.0. The molecule has 2 heterocycles. The van der Waals surface area contributed by atoms with E-state index in [1.165, 1.54) is 38.8 Å². The summed E-state index contributed by atoms with van der Waals surface area (Å²) in [5.41, 5.74) is 1.09. The molecule has 128 valence electrons. The molecule has 2 fully saturated rings. The predicted molar refractivity (Wildman–Crippen MR) is 102 cm³/mol. The summed E-state index contributed by atoms with van der Waals surface area (Å²) >= 11 is 14.3. The van der Waals surface area contributed by atoms with Crippen LogP contribution in [0.4, 0.5) is 0 Å². The zero-order chi connectivity index (χ0) is 16.4. The Labute approximate surface area is 154 Å². The molecule has 0 radical (unpaired) electrons. The van der Waals surface area contributed by atoms with Crippen LogP contribution in [0.3, 0.4) is 0 Å². The van der Waals surface area contributed by atoms with Gasteiger partial charge in [0, 0.05) is 29.0 Å². The Hall–Kier alpha value is 0.0700. The highest BCUT2D eigenvalue weighted by atomic mass is 35.5. The lowest BCUT2D eigenvalue weighted by Crippen LogP contribution is -2.46. The summed E-state index contributed by atoms with van der Waals surface area (Å²) in [6, 6.07) is 4.75. The summed E-state index contributed by atoms with van der Waals surface area (Å²) in [7, 11) is 0. The second-order valence-electron chi connectivity index (χ2n) is 7.00. The van der Waals surface area contributed by atoms with Crippen molar-refractivity contribution >= 4 is 35.1 Å². The molecule has 2 nitrogen and oxygen atoms in total. The zero-order valence-corrected chi connectivity index (χ0v) is 16.4. The van der Waals surface area contributed by atoms with E-state index in [9.17, 15) is 0 Å². The van der Waals surface area contributed by atoms with Gasteiger partial charge in [-0.25, -0.2) is 4.31 Å². The molecule has 1 aromatic carbocycles. The molecule has 0 saturated carbocycles. The summed E-state index contributed by atoms with van der Waals surface area (Å²) in [6.45, 7) is 9.28. The van der Waals surface area contributed by atoms with Gasteiger partial charge in [-0.15, -0.1) is 0 Å². The molecule has 1 aromatic rings. The van der Waals surface area contributed by atoms with Crippen molar-refractivity contribution in [1.29, 1.82) is 0 Å². The quantitative estimate of drug-likeness (QED) is 0.646. The molecular formula is C18H26Cl2N2S. The molecule has 0 unspecified atom stereocenters. The number of benzene rings is 1. The fourth-order valence-corrected chi connectivity index (χ4v) is 5.07. The Morgan fingerprint density at radius 2 is 1.61 bits per heavy atom. The maximum atomic E-state index is 6.34. The van der Waals surface area contributed by atoms with Gasteiger partial charge in [0.05, 0.1) is 5.02 Å². The number of hydrogen-bond acceptors (Lipinski definition) is 3. The minimum Gasteiger partial charge on any atom is -0.300 e. The fraction of sp³-hybridized carbons (Fsp3) is 0.667. The molecule has 3 rings (SSSR count). The highest BCUT2D eigenvalue weighted by Gasteiger charge is 2.27. The highest BCUT2D eigenvalue weighted by Crippen LogP contribution is 2.36. The van der Waals surface area contributed by atoms with Gasteiger partial charge in [0.25, 0.3) is 0 Å². The van der Waals surface area contributed by atoms with Crippen molar-refractivity contribution in [3.05, 3.63) is 27.7 Å². The summed E-state index contributed by atoms with van der Waals surface area (Å²) in [4.78, 5) is 3.85. The lowest BCUT2D eigenvalue weighted by Gasteiger charge is -2.41. The Morgan fingerprint density at radius 3 is 2.26 bits per heavy atom. The van der Waals surface area contributed by atoms with E-state index in [1.807, 2.05) is 13.0 Å². The van der Waals surface area contributed by atoms with E-state index in [1.54, 1.807) is 11.9 Å². The van der Waals surface area contributed by atoms with E-state index >= 15 is 0 Å². The number of nitrogens with zero attached hydrogens (tertiary/aromatic N) is 2. The van der Waals surface area contributed by atoms with E-state index in [-0.39, 0.29) is 0 Å². The first kappa shape index (κ1) is 17.9. The minimum atomic E-state index is 0.748. The van der Waals surface area contributed by atoms with Crippen LogP contribution in [0.25, 0.3) is 0 Å². The van der Waals surface area contributed by atoms with Crippen molar-refractivity contribution in [3.63, 3.8) is 0 Å². The van der Waals surface area contributed by atoms with Gasteiger partial charge in [-0.1, -0.05) is 30.1 Å². The normalized spacial score (nSPS) is 22.6. The monoisotopic (exact) mass is 372 g/mol. The molecule has 0 aliphatic carbocycles. The third kappa shape index (κ3) is 4.58. The average Bonchev–Trinajstić information content (AvgIpc) is 2.54. The molecule has 0 bridgehead atoms. The highest BCUT2D eigenvalue weighted by molar-refractivity contribution is 7.97. The minimum absolute atomic E-state index is 0.748. The van der Waals surface area contributed by atoms with Crippen LogP contribution in [0.2, 0.25) is 10.0 Å². The molecule has 2 aliphatic heterocycles. The first-order valence-corrected chi connectivity index (χ1v) is 10.2. The SMILES string of the molecule is Cc1cc(SN2CCC(N3CCC(C)CC3)CC2)c(Cl)cc1Cl. The average molecular weight is 373 g/mol. The van der Waals surface area contributed by atoms with Crippen LogP contribution in [-0.2, 0) is 0 Å². The fourth-order valence-electron chi connectivity index (χ4n) is 3.53. The number of piperidine rings is 2. The van der Waals surface area contributed by atoms with Crippen LogP contribution in [0.1, 0.15) is 38.2 Å². The van der Waals surface area contributed by atoms with Crippen molar-refractivity contribution in [3.8, 4) is 0 Å². The molecule has 0 spiro atoms. The van der Waals surface area contributed by atoms with Crippen LogP contribution < -0.4 is 0 Å². The molecule has 5 heteroatoms. The Morgan fingerprint density at radius 1 is 0.957 bits per heavy atom. The van der Waals surface area contributed by atoms with Gasteiger partial charge < -0.3 is 4.90 Å². The molecule has 0 aromatic heterocycles. The van der Waals surface area contributed by atoms with Crippen LogP contribution in [-0.4, -0.2) is 41.4 Å². The number of likely N-dealkylation sites (tertiary alicyclic amines) is 1. The van der Waals surface area contributed by atoms with Crippen LogP contribution >= 0.6 is 35.1 Å². The molecule has 0 N–H and O–H groups in total. The van der Waals surface area contributed by atoms with E-state index in [0.717, 1.165) is 45.6 Å². The maximum absolute atomic E-state index is 6.34. The van der Waals surface area contributed by atoms with E-state index in [0.29, 0.717) is 0 Å². The van der Waals surface area contributed by atoms with Crippen molar-refractivity contribution in [2.45, 2.75) is 50.5 Å². The number of halogens is 2. The standard InChI is InChI=1S/C18H26Cl2N2S/c1-13-3-7-21(8-4-13)15-5-9-22(10-6-15)23-18-11-14(2)16(19)12-17(18)20/h11-13,15H,3-10H2,1-2H3. The number of rotatable bonds is 3. The lowest BCUT2D eigenvalue weighted by molar-refractivity contribution is 0.103. The Bertz CT molecular complexity index is 536. The van der Waals surface area contributed by atoms with Gasteiger partial charge in [-0.05, 0) is 81.3 Å². The summed E-state index contributed by atoms with van der Waals surface area (Å²) in [5.74, 6) is 0.914. The molecule has 2 saturated heterocycles.